The number of hydrogen-bond donors (Lipinski definition) is 1. The molecule has 3 aromatic heterocycles. The summed E-state index contributed by atoms with van der Waals surface area (Å²) in [7, 11) is 1.95. The lowest BCUT2D eigenvalue weighted by molar-refractivity contribution is -0.136. The number of rotatable bonds is 5. The number of aromatic nitrogens is 4. The average Bonchev–Trinajstić information content (AvgIpc) is 3.72. The van der Waals surface area contributed by atoms with Gasteiger partial charge in [-0.1, -0.05) is 6.07 Å². The molecule has 6 heterocycles. The zero-order chi connectivity index (χ0) is 26.7. The number of likely N-dealkylation sites (tertiary alicyclic amines) is 1. The van der Waals surface area contributed by atoms with E-state index in [9.17, 15) is 14.4 Å². The summed E-state index contributed by atoms with van der Waals surface area (Å²) >= 11 is 0. The molecule has 1 aromatic carbocycles. The monoisotopic (exact) mass is 523 g/mol. The van der Waals surface area contributed by atoms with Crippen molar-refractivity contribution in [3.63, 3.8) is 0 Å². The van der Waals surface area contributed by atoms with E-state index in [-0.39, 0.29) is 18.2 Å². The molecule has 0 radical (unpaired) electrons. The molecule has 3 aliphatic heterocycles. The second-order valence-electron chi connectivity index (χ2n) is 10.7. The van der Waals surface area contributed by atoms with Crippen LogP contribution in [0.5, 0.6) is 0 Å². The number of piperidine rings is 1. The number of aryl methyl sites for hydroxylation is 1. The summed E-state index contributed by atoms with van der Waals surface area (Å²) < 4.78 is 3.94. The fourth-order valence-electron chi connectivity index (χ4n) is 6.08. The average molecular weight is 524 g/mol. The van der Waals surface area contributed by atoms with Crippen LogP contribution in [0.1, 0.15) is 47.2 Å². The number of imide groups is 1. The highest BCUT2D eigenvalue weighted by Gasteiger charge is 2.39. The van der Waals surface area contributed by atoms with Crippen molar-refractivity contribution in [3.8, 4) is 17.1 Å². The number of carbonyl (C=O) groups is 3. The van der Waals surface area contributed by atoms with Crippen molar-refractivity contribution in [2.45, 2.75) is 44.8 Å². The minimum absolute atomic E-state index is 0.173. The van der Waals surface area contributed by atoms with E-state index >= 15 is 0 Å². The van der Waals surface area contributed by atoms with Gasteiger partial charge in [0.05, 0.1) is 12.0 Å². The van der Waals surface area contributed by atoms with Crippen LogP contribution in [0.4, 0.5) is 0 Å². The lowest BCUT2D eigenvalue weighted by Crippen LogP contribution is -2.52. The first-order valence-corrected chi connectivity index (χ1v) is 13.4. The molecule has 0 unspecified atom stereocenters. The number of carbonyl (C=O) groups excluding carboxylic acids is 3. The van der Waals surface area contributed by atoms with Gasteiger partial charge in [-0.25, -0.2) is 9.97 Å². The minimum Gasteiger partial charge on any atom is -0.338 e. The van der Waals surface area contributed by atoms with E-state index in [0.29, 0.717) is 18.5 Å². The van der Waals surface area contributed by atoms with Crippen molar-refractivity contribution in [2.75, 3.05) is 13.1 Å². The Kier molecular flexibility index (Phi) is 5.59. The number of imidazole rings is 1. The number of fused-ring (bicyclic) bond motifs is 2. The molecule has 10 nitrogen and oxygen atoms in total. The molecule has 10 heteroatoms. The third kappa shape index (κ3) is 4.11. The van der Waals surface area contributed by atoms with E-state index in [2.05, 4.69) is 27.3 Å². The maximum atomic E-state index is 13.2. The molecule has 2 saturated heterocycles. The quantitative estimate of drug-likeness (QED) is 0.404. The fourth-order valence-corrected chi connectivity index (χ4v) is 6.08. The van der Waals surface area contributed by atoms with Crippen LogP contribution < -0.4 is 5.32 Å². The molecule has 0 bridgehead atoms. The molecule has 0 aliphatic carbocycles. The third-order valence-corrected chi connectivity index (χ3v) is 8.09. The Hall–Kier alpha value is -4.31. The van der Waals surface area contributed by atoms with Crippen LogP contribution in [-0.2, 0) is 29.7 Å². The summed E-state index contributed by atoms with van der Waals surface area (Å²) in [5.74, 6) is -0.0529. The Balaban J connectivity index is 1.27. The Morgan fingerprint density at radius 3 is 2.69 bits per heavy atom. The van der Waals surface area contributed by atoms with Crippen LogP contribution in [0, 0.1) is 0 Å². The van der Waals surface area contributed by atoms with E-state index in [4.69, 9.17) is 4.98 Å². The Morgan fingerprint density at radius 1 is 1.08 bits per heavy atom. The molecule has 0 spiro atoms. The molecule has 3 aliphatic rings. The molecule has 1 N–H and O–H groups in total. The van der Waals surface area contributed by atoms with Gasteiger partial charge in [-0.2, -0.15) is 0 Å². The molecule has 7 rings (SSSR count). The number of hydrogen-bond acceptors (Lipinski definition) is 6. The van der Waals surface area contributed by atoms with Gasteiger partial charge in [0.1, 0.15) is 11.7 Å². The number of amides is 3. The van der Waals surface area contributed by atoms with E-state index < -0.39 is 11.9 Å². The summed E-state index contributed by atoms with van der Waals surface area (Å²) in [4.78, 5) is 51.0. The van der Waals surface area contributed by atoms with Crippen LogP contribution in [-0.4, -0.2) is 65.8 Å². The van der Waals surface area contributed by atoms with Gasteiger partial charge in [-0.05, 0) is 67.7 Å². The van der Waals surface area contributed by atoms with Gasteiger partial charge in [-0.15, -0.1) is 0 Å². The minimum atomic E-state index is -0.630. The first-order chi connectivity index (χ1) is 18.9. The van der Waals surface area contributed by atoms with Crippen molar-refractivity contribution >= 4 is 28.8 Å². The predicted octanol–water partition coefficient (Wildman–Crippen LogP) is 2.78. The molecule has 39 heavy (non-hydrogen) atoms. The number of pyridine rings is 1. The highest BCUT2D eigenvalue weighted by Crippen LogP contribution is 2.33. The van der Waals surface area contributed by atoms with Crippen molar-refractivity contribution in [3.05, 3.63) is 65.7 Å². The number of benzene rings is 1. The second kappa shape index (κ2) is 9.16. The van der Waals surface area contributed by atoms with Crippen molar-refractivity contribution < 1.29 is 14.4 Å². The summed E-state index contributed by atoms with van der Waals surface area (Å²) in [6, 6.07) is 9.44. The smallest absolute Gasteiger partial charge is 0.255 e. The van der Waals surface area contributed by atoms with Crippen LogP contribution >= 0.6 is 0 Å². The van der Waals surface area contributed by atoms with Crippen molar-refractivity contribution in [2.24, 2.45) is 7.05 Å². The Labute approximate surface area is 225 Å². The van der Waals surface area contributed by atoms with Crippen molar-refractivity contribution in [1.82, 2.24) is 34.2 Å². The van der Waals surface area contributed by atoms with E-state index in [0.717, 1.165) is 53.3 Å². The standard InChI is InChI=1S/C29H29N7O3/c1-33-16-25(30-17-33)35-11-8-21-20(14-34-9-2-3-10-34)13-23(31-27(21)35)18-4-5-22-19(12-18)15-36(29(22)39)24-6-7-26(37)32-28(24)38/h4-5,8,11-13,16-17,24H,2-3,6-7,9-10,14-15H2,1H3,(H,32,37,38)/t24-/m0/s1. The first-order valence-electron chi connectivity index (χ1n) is 13.4. The zero-order valence-electron chi connectivity index (χ0n) is 21.8. The molecule has 1 atom stereocenters. The fraction of sp³-hybridized carbons (Fsp3) is 0.345. The number of nitrogens with one attached hydrogen (secondary N) is 1. The van der Waals surface area contributed by atoms with Crippen LogP contribution in [0.25, 0.3) is 28.1 Å². The molecule has 0 saturated carbocycles. The van der Waals surface area contributed by atoms with E-state index in [1.807, 2.05) is 46.8 Å². The summed E-state index contributed by atoms with van der Waals surface area (Å²) in [5, 5.41) is 3.47. The topological polar surface area (TPSA) is 105 Å². The summed E-state index contributed by atoms with van der Waals surface area (Å²) in [6.07, 6.45) is 8.80. The lowest BCUT2D eigenvalue weighted by atomic mass is 10.0. The van der Waals surface area contributed by atoms with Crippen LogP contribution in [0.2, 0.25) is 0 Å². The third-order valence-electron chi connectivity index (χ3n) is 8.09. The zero-order valence-corrected chi connectivity index (χ0v) is 21.8. The SMILES string of the molecule is Cn1cnc(-n2ccc3c(CN4CCCC4)cc(-c4ccc5c(c4)CN([C@H]4CCC(=O)NC4=O)C5=O)nc32)c1. The van der Waals surface area contributed by atoms with Crippen LogP contribution in [0.15, 0.2) is 49.1 Å². The highest BCUT2D eigenvalue weighted by molar-refractivity contribution is 6.05. The second-order valence-corrected chi connectivity index (χ2v) is 10.7. The summed E-state index contributed by atoms with van der Waals surface area (Å²) in [5.41, 5.74) is 5.28. The van der Waals surface area contributed by atoms with Gasteiger partial charge in [0.15, 0.2) is 5.82 Å². The molecular weight excluding hydrogens is 494 g/mol. The maximum absolute atomic E-state index is 13.2. The lowest BCUT2D eigenvalue weighted by Gasteiger charge is -2.29. The predicted molar refractivity (Wildman–Crippen MR) is 144 cm³/mol. The van der Waals surface area contributed by atoms with E-state index in [1.165, 1.54) is 18.4 Å². The molecule has 3 amide bonds. The molecule has 198 valence electrons. The number of nitrogens with zero attached hydrogens (tertiary/aromatic N) is 6. The molecular formula is C29H29N7O3. The highest BCUT2D eigenvalue weighted by atomic mass is 16.2. The van der Waals surface area contributed by atoms with E-state index in [1.54, 1.807) is 11.2 Å². The van der Waals surface area contributed by atoms with Gasteiger partial charge in [0.25, 0.3) is 5.91 Å². The first kappa shape index (κ1) is 23.8. The molecule has 4 aromatic rings. The summed E-state index contributed by atoms with van der Waals surface area (Å²) in [6.45, 7) is 3.38. The van der Waals surface area contributed by atoms with Gasteiger partial charge in [0, 0.05) is 55.5 Å². The van der Waals surface area contributed by atoms with Gasteiger partial charge >= 0.3 is 0 Å². The molecule has 2 fully saturated rings. The van der Waals surface area contributed by atoms with Gasteiger partial charge < -0.3 is 9.47 Å². The Morgan fingerprint density at radius 2 is 1.92 bits per heavy atom. The maximum Gasteiger partial charge on any atom is 0.255 e. The van der Waals surface area contributed by atoms with Gasteiger partial charge in [0.2, 0.25) is 11.8 Å². The Bertz CT molecular complexity index is 1650. The normalized spacial score (nSPS) is 19.8. The van der Waals surface area contributed by atoms with Crippen molar-refractivity contribution in [1.29, 1.82) is 0 Å². The largest absolute Gasteiger partial charge is 0.338 e. The van der Waals surface area contributed by atoms with Gasteiger partial charge in [-0.3, -0.25) is 29.2 Å². The van der Waals surface area contributed by atoms with Crippen LogP contribution in [0.3, 0.4) is 0 Å².